The van der Waals surface area contributed by atoms with Gasteiger partial charge in [-0.05, 0) is 28.7 Å². The van der Waals surface area contributed by atoms with Gasteiger partial charge < -0.3 is 15.2 Å². The van der Waals surface area contributed by atoms with Crippen LogP contribution in [-0.4, -0.2) is 37.4 Å². The molecule has 1 rings (SSSR count). The van der Waals surface area contributed by atoms with Crippen LogP contribution in [0.3, 0.4) is 0 Å². The lowest BCUT2D eigenvalue weighted by Gasteiger charge is -2.03. The van der Waals surface area contributed by atoms with Gasteiger partial charge in [-0.15, -0.1) is 11.3 Å². The van der Waals surface area contributed by atoms with Gasteiger partial charge in [0.25, 0.3) is 5.91 Å². The van der Waals surface area contributed by atoms with E-state index in [2.05, 4.69) is 27.9 Å². The Morgan fingerprint density at radius 2 is 2.40 bits per heavy atom. The summed E-state index contributed by atoms with van der Waals surface area (Å²) in [5, 5.41) is 13.0. The fraction of sp³-hybridized carbons (Fsp3) is 0.444. The van der Waals surface area contributed by atoms with E-state index in [1.807, 2.05) is 11.4 Å². The van der Waals surface area contributed by atoms with Crippen molar-refractivity contribution in [2.24, 2.45) is 0 Å². The van der Waals surface area contributed by atoms with E-state index in [0.29, 0.717) is 25.3 Å². The minimum Gasteiger partial charge on any atom is -0.394 e. The zero-order valence-electron chi connectivity index (χ0n) is 8.03. The minimum absolute atomic E-state index is 0.0106. The van der Waals surface area contributed by atoms with Gasteiger partial charge in [-0.25, -0.2) is 0 Å². The highest BCUT2D eigenvalue weighted by molar-refractivity contribution is 14.1. The van der Waals surface area contributed by atoms with Crippen molar-refractivity contribution in [3.05, 3.63) is 19.9 Å². The van der Waals surface area contributed by atoms with E-state index in [1.54, 1.807) is 11.3 Å². The molecule has 0 spiro atoms. The number of ether oxygens (including phenoxy) is 1. The van der Waals surface area contributed by atoms with Crippen LogP contribution in [0.4, 0.5) is 0 Å². The summed E-state index contributed by atoms with van der Waals surface area (Å²) < 4.78 is 6.10. The van der Waals surface area contributed by atoms with Gasteiger partial charge in [0, 0.05) is 11.9 Å². The van der Waals surface area contributed by atoms with Gasteiger partial charge in [-0.3, -0.25) is 4.79 Å². The maximum Gasteiger partial charge on any atom is 0.252 e. The number of thiophene rings is 1. The van der Waals surface area contributed by atoms with E-state index >= 15 is 0 Å². The highest BCUT2D eigenvalue weighted by Gasteiger charge is 2.06. The molecule has 1 amide bonds. The largest absolute Gasteiger partial charge is 0.394 e. The zero-order valence-corrected chi connectivity index (χ0v) is 11.0. The van der Waals surface area contributed by atoms with Gasteiger partial charge in [0.15, 0.2) is 0 Å². The highest BCUT2D eigenvalue weighted by atomic mass is 127. The number of hydrogen-bond donors (Lipinski definition) is 2. The molecule has 1 aromatic rings. The summed E-state index contributed by atoms with van der Waals surface area (Å²) in [5.74, 6) is -0.0817. The summed E-state index contributed by atoms with van der Waals surface area (Å²) in [6, 6.07) is 1.84. The van der Waals surface area contributed by atoms with E-state index in [9.17, 15) is 4.79 Å². The fourth-order valence-corrected chi connectivity index (χ4v) is 2.26. The molecule has 0 radical (unpaired) electrons. The molecule has 0 saturated carbocycles. The van der Waals surface area contributed by atoms with Crippen molar-refractivity contribution < 1.29 is 14.6 Å². The molecule has 0 aliphatic heterocycles. The summed E-state index contributed by atoms with van der Waals surface area (Å²) in [5.41, 5.74) is 0.687. The summed E-state index contributed by atoms with van der Waals surface area (Å²) in [6.45, 7) is 1.21. The molecule has 0 fully saturated rings. The molecule has 0 saturated heterocycles. The van der Waals surface area contributed by atoms with E-state index in [-0.39, 0.29) is 12.5 Å². The Hall–Kier alpha value is -0.180. The molecule has 0 unspecified atom stereocenters. The molecule has 0 atom stereocenters. The topological polar surface area (TPSA) is 58.6 Å². The number of amides is 1. The SMILES string of the molecule is O=C(NCCOCCO)c1csc(I)c1. The Kier molecular flexibility index (Phi) is 6.15. The number of carbonyl (C=O) groups is 1. The average Bonchev–Trinajstić information content (AvgIpc) is 2.64. The van der Waals surface area contributed by atoms with Crippen LogP contribution in [0.25, 0.3) is 0 Å². The number of hydrogen-bond acceptors (Lipinski definition) is 4. The number of rotatable bonds is 6. The summed E-state index contributed by atoms with van der Waals surface area (Å²) in [7, 11) is 0. The first-order chi connectivity index (χ1) is 7.24. The Labute approximate surface area is 106 Å². The van der Waals surface area contributed by atoms with Crippen molar-refractivity contribution in [2.75, 3.05) is 26.4 Å². The summed E-state index contributed by atoms with van der Waals surface area (Å²) in [6.07, 6.45) is 0. The smallest absolute Gasteiger partial charge is 0.252 e. The molecule has 1 heterocycles. The van der Waals surface area contributed by atoms with Gasteiger partial charge in [-0.2, -0.15) is 0 Å². The quantitative estimate of drug-likeness (QED) is 0.602. The highest BCUT2D eigenvalue weighted by Crippen LogP contribution is 2.16. The molecule has 15 heavy (non-hydrogen) atoms. The third kappa shape index (κ3) is 4.92. The van der Waals surface area contributed by atoms with Crippen LogP contribution in [-0.2, 0) is 4.74 Å². The second-order valence-corrected chi connectivity index (χ2v) is 5.54. The monoisotopic (exact) mass is 341 g/mol. The van der Waals surface area contributed by atoms with Crippen LogP contribution in [0.2, 0.25) is 0 Å². The molecule has 2 N–H and O–H groups in total. The first-order valence-corrected chi connectivity index (χ1v) is 6.40. The molecule has 0 aliphatic carbocycles. The molecule has 0 aliphatic rings. The Bertz CT molecular complexity index is 316. The molecule has 6 heteroatoms. The number of aliphatic hydroxyl groups excluding tert-OH is 1. The normalized spacial score (nSPS) is 10.3. The molecular formula is C9H12INO3S. The number of carbonyl (C=O) groups excluding carboxylic acids is 1. The fourth-order valence-electron chi connectivity index (χ4n) is 0.935. The summed E-state index contributed by atoms with van der Waals surface area (Å²) >= 11 is 3.72. The Morgan fingerprint density at radius 1 is 1.60 bits per heavy atom. The maximum atomic E-state index is 11.5. The molecule has 0 bridgehead atoms. The van der Waals surface area contributed by atoms with Crippen LogP contribution in [0.5, 0.6) is 0 Å². The first kappa shape index (κ1) is 12.9. The summed E-state index contributed by atoms with van der Waals surface area (Å²) in [4.78, 5) is 11.5. The van der Waals surface area contributed by atoms with Crippen molar-refractivity contribution in [3.8, 4) is 0 Å². The van der Waals surface area contributed by atoms with Crippen molar-refractivity contribution in [1.82, 2.24) is 5.32 Å². The third-order valence-corrected chi connectivity index (χ3v) is 3.39. The van der Waals surface area contributed by atoms with E-state index in [1.165, 1.54) is 0 Å². The van der Waals surface area contributed by atoms with Crippen LogP contribution >= 0.6 is 33.9 Å². The van der Waals surface area contributed by atoms with Crippen LogP contribution < -0.4 is 5.32 Å². The lowest BCUT2D eigenvalue weighted by atomic mass is 10.3. The predicted molar refractivity (Wildman–Crippen MR) is 67.3 cm³/mol. The first-order valence-electron chi connectivity index (χ1n) is 4.45. The van der Waals surface area contributed by atoms with Crippen molar-refractivity contribution in [2.45, 2.75) is 0 Å². The van der Waals surface area contributed by atoms with E-state index in [0.717, 1.165) is 2.88 Å². The molecule has 4 nitrogen and oxygen atoms in total. The molecule has 84 valence electrons. The van der Waals surface area contributed by atoms with Gasteiger partial charge in [0.05, 0.1) is 28.3 Å². The standard InChI is InChI=1S/C9H12INO3S/c10-8-5-7(6-15-8)9(13)11-1-3-14-4-2-12/h5-6,12H,1-4H2,(H,11,13). The van der Waals surface area contributed by atoms with Gasteiger partial charge in [0.2, 0.25) is 0 Å². The van der Waals surface area contributed by atoms with Crippen LogP contribution in [0.1, 0.15) is 10.4 Å². The van der Waals surface area contributed by atoms with Crippen LogP contribution in [0, 0.1) is 2.88 Å². The predicted octanol–water partition coefficient (Wildman–Crippen LogP) is 1.09. The molecule has 1 aromatic heterocycles. The van der Waals surface area contributed by atoms with Gasteiger partial charge in [0.1, 0.15) is 0 Å². The van der Waals surface area contributed by atoms with Crippen molar-refractivity contribution >= 4 is 39.8 Å². The van der Waals surface area contributed by atoms with Crippen molar-refractivity contribution in [1.29, 1.82) is 0 Å². The maximum absolute atomic E-state index is 11.5. The van der Waals surface area contributed by atoms with Crippen LogP contribution in [0.15, 0.2) is 11.4 Å². The van der Waals surface area contributed by atoms with E-state index < -0.39 is 0 Å². The van der Waals surface area contributed by atoms with Gasteiger partial charge in [-0.1, -0.05) is 0 Å². The average molecular weight is 341 g/mol. The minimum atomic E-state index is -0.0817. The van der Waals surface area contributed by atoms with Crippen molar-refractivity contribution in [3.63, 3.8) is 0 Å². The van der Waals surface area contributed by atoms with Gasteiger partial charge >= 0.3 is 0 Å². The number of nitrogens with one attached hydrogen (secondary N) is 1. The lowest BCUT2D eigenvalue weighted by molar-refractivity contribution is 0.0838. The lowest BCUT2D eigenvalue weighted by Crippen LogP contribution is -2.27. The second kappa shape index (κ2) is 7.15. The Balaban J connectivity index is 2.19. The number of halogens is 1. The zero-order chi connectivity index (χ0) is 11.1. The molecular weight excluding hydrogens is 329 g/mol. The Morgan fingerprint density at radius 3 is 3.00 bits per heavy atom. The van der Waals surface area contributed by atoms with E-state index in [4.69, 9.17) is 9.84 Å². The second-order valence-electron chi connectivity index (χ2n) is 2.73. The number of aliphatic hydroxyl groups is 1. The molecule has 0 aromatic carbocycles. The third-order valence-electron chi connectivity index (χ3n) is 1.60.